The third-order valence-electron chi connectivity index (χ3n) is 4.58. The van der Waals surface area contributed by atoms with Crippen LogP contribution >= 0.6 is 0 Å². The molecule has 0 saturated carbocycles. The van der Waals surface area contributed by atoms with Gasteiger partial charge in [-0.05, 0) is 45.5 Å². The van der Waals surface area contributed by atoms with Crippen LogP contribution in [0, 0.1) is 0 Å². The molecule has 1 heteroatoms. The molecule has 1 nitrogen and oxygen atoms in total. The number of benzene rings is 4. The molecule has 0 spiro atoms. The summed E-state index contributed by atoms with van der Waals surface area (Å²) in [6.45, 7) is 0. The van der Waals surface area contributed by atoms with Crippen LogP contribution in [-0.4, -0.2) is 0 Å². The Bertz CT molecular complexity index is 990. The quantitative estimate of drug-likeness (QED) is 0.360. The van der Waals surface area contributed by atoms with Gasteiger partial charge in [0.2, 0.25) is 0 Å². The van der Waals surface area contributed by atoms with E-state index >= 15 is 0 Å². The molecule has 0 fully saturated rings. The maximum Gasteiger partial charge on any atom is 0.178 e. The van der Waals surface area contributed by atoms with Gasteiger partial charge < -0.3 is 0 Å². The first-order valence-electron chi connectivity index (χ1n) is 9.01. The lowest BCUT2D eigenvalue weighted by atomic mass is 9.86. The van der Waals surface area contributed by atoms with Crippen LogP contribution in [0.5, 0.6) is 5.75 Å². The van der Waals surface area contributed by atoms with Gasteiger partial charge in [-0.3, -0.25) is 5.11 Å². The average molecular weight is 347 g/mol. The standard InChI is InChI=1S/C26H19O/c27-24-18-16-23(17-19-24)26(22-14-8-3-9-15-22)25(20-10-4-1-5-11-20)21-12-6-2-7-13-21/h1-19H. The monoisotopic (exact) mass is 347 g/mol. The summed E-state index contributed by atoms with van der Waals surface area (Å²) in [7, 11) is 0. The summed E-state index contributed by atoms with van der Waals surface area (Å²) < 4.78 is 0. The molecule has 0 aromatic heterocycles. The molecule has 0 bridgehead atoms. The van der Waals surface area contributed by atoms with E-state index in [4.69, 9.17) is 0 Å². The minimum Gasteiger partial charge on any atom is -0.290 e. The smallest absolute Gasteiger partial charge is 0.178 e. The van der Waals surface area contributed by atoms with Crippen LogP contribution in [-0.2, 0) is 5.11 Å². The fraction of sp³-hybridized carbons (Fsp3) is 0. The van der Waals surface area contributed by atoms with Crippen LogP contribution in [0.1, 0.15) is 22.3 Å². The van der Waals surface area contributed by atoms with Crippen molar-refractivity contribution in [3.8, 4) is 5.75 Å². The zero-order valence-corrected chi connectivity index (χ0v) is 14.9. The molecular weight excluding hydrogens is 328 g/mol. The second-order valence-corrected chi connectivity index (χ2v) is 6.37. The first-order chi connectivity index (χ1) is 13.3. The van der Waals surface area contributed by atoms with E-state index in [0.29, 0.717) is 0 Å². The average Bonchev–Trinajstić information content (AvgIpc) is 2.75. The number of hydrogen-bond acceptors (Lipinski definition) is 0. The Balaban J connectivity index is 2.08. The van der Waals surface area contributed by atoms with Crippen molar-refractivity contribution in [2.24, 2.45) is 0 Å². The molecule has 0 heterocycles. The summed E-state index contributed by atoms with van der Waals surface area (Å²) in [5, 5.41) is 11.7. The Labute approximate surface area is 159 Å². The van der Waals surface area contributed by atoms with Crippen molar-refractivity contribution >= 4 is 11.1 Å². The van der Waals surface area contributed by atoms with Gasteiger partial charge in [-0.25, -0.2) is 0 Å². The molecule has 0 atom stereocenters. The zero-order valence-electron chi connectivity index (χ0n) is 14.9. The van der Waals surface area contributed by atoms with Crippen LogP contribution in [0.4, 0.5) is 0 Å². The van der Waals surface area contributed by atoms with Gasteiger partial charge in [0.1, 0.15) is 0 Å². The third-order valence-corrected chi connectivity index (χ3v) is 4.58. The fourth-order valence-corrected chi connectivity index (χ4v) is 3.35. The van der Waals surface area contributed by atoms with Crippen LogP contribution < -0.4 is 0 Å². The summed E-state index contributed by atoms with van der Waals surface area (Å²) in [6, 6.07) is 38.3. The van der Waals surface area contributed by atoms with Crippen molar-refractivity contribution < 1.29 is 5.11 Å². The van der Waals surface area contributed by atoms with Gasteiger partial charge >= 0.3 is 0 Å². The summed E-state index contributed by atoms with van der Waals surface area (Å²) in [5.41, 5.74) is 6.72. The molecule has 0 N–H and O–H groups in total. The molecule has 4 aromatic carbocycles. The largest absolute Gasteiger partial charge is 0.290 e. The number of hydrogen-bond donors (Lipinski definition) is 0. The molecular formula is C26H19O. The molecule has 0 aliphatic rings. The highest BCUT2D eigenvalue weighted by Crippen LogP contribution is 2.37. The second-order valence-electron chi connectivity index (χ2n) is 6.37. The van der Waals surface area contributed by atoms with E-state index in [0.717, 1.165) is 33.4 Å². The van der Waals surface area contributed by atoms with Gasteiger partial charge in [0.25, 0.3) is 0 Å². The van der Waals surface area contributed by atoms with Crippen molar-refractivity contribution in [3.05, 3.63) is 138 Å². The summed E-state index contributed by atoms with van der Waals surface area (Å²) >= 11 is 0. The Morgan fingerprint density at radius 3 is 1.00 bits per heavy atom. The van der Waals surface area contributed by atoms with Gasteiger partial charge in [-0.15, -0.1) is 0 Å². The van der Waals surface area contributed by atoms with E-state index in [1.807, 2.05) is 42.5 Å². The molecule has 4 rings (SSSR count). The van der Waals surface area contributed by atoms with Crippen LogP contribution in [0.3, 0.4) is 0 Å². The first-order valence-corrected chi connectivity index (χ1v) is 9.01. The molecule has 4 aromatic rings. The van der Waals surface area contributed by atoms with Gasteiger partial charge in [0.15, 0.2) is 5.75 Å². The lowest BCUT2D eigenvalue weighted by molar-refractivity contribution is 0.355. The maximum absolute atomic E-state index is 11.7. The lowest BCUT2D eigenvalue weighted by Gasteiger charge is -2.18. The highest BCUT2D eigenvalue weighted by Gasteiger charge is 2.15. The van der Waals surface area contributed by atoms with Crippen LogP contribution in [0.15, 0.2) is 115 Å². The zero-order chi connectivity index (χ0) is 18.5. The minimum atomic E-state index is 0.0205. The van der Waals surface area contributed by atoms with E-state index in [1.165, 1.54) is 0 Å². The van der Waals surface area contributed by atoms with Gasteiger partial charge in [-0.2, -0.15) is 0 Å². The van der Waals surface area contributed by atoms with Gasteiger partial charge in [0, 0.05) is 0 Å². The fourth-order valence-electron chi connectivity index (χ4n) is 3.35. The predicted octanol–water partition coefficient (Wildman–Crippen LogP) is 6.84. The van der Waals surface area contributed by atoms with E-state index in [-0.39, 0.29) is 5.75 Å². The summed E-state index contributed by atoms with van der Waals surface area (Å²) in [5.74, 6) is 0.0205. The summed E-state index contributed by atoms with van der Waals surface area (Å²) in [4.78, 5) is 0. The molecule has 0 amide bonds. The van der Waals surface area contributed by atoms with E-state index in [9.17, 15) is 5.11 Å². The van der Waals surface area contributed by atoms with Gasteiger partial charge in [0.05, 0.1) is 0 Å². The van der Waals surface area contributed by atoms with Crippen molar-refractivity contribution in [2.45, 2.75) is 0 Å². The third kappa shape index (κ3) is 3.68. The maximum atomic E-state index is 11.7. The van der Waals surface area contributed by atoms with Crippen molar-refractivity contribution in [3.63, 3.8) is 0 Å². The molecule has 0 saturated heterocycles. The lowest BCUT2D eigenvalue weighted by Crippen LogP contribution is -1.97. The predicted molar refractivity (Wildman–Crippen MR) is 111 cm³/mol. The number of rotatable bonds is 4. The van der Waals surface area contributed by atoms with Crippen LogP contribution in [0.2, 0.25) is 0 Å². The topological polar surface area (TPSA) is 19.9 Å². The van der Waals surface area contributed by atoms with Crippen molar-refractivity contribution in [1.29, 1.82) is 0 Å². The Kier molecular flexibility index (Phi) is 4.84. The van der Waals surface area contributed by atoms with Crippen molar-refractivity contribution in [1.82, 2.24) is 0 Å². The Hall–Kier alpha value is -3.58. The van der Waals surface area contributed by atoms with E-state index in [1.54, 1.807) is 12.1 Å². The molecule has 0 aliphatic heterocycles. The van der Waals surface area contributed by atoms with Crippen LogP contribution in [0.25, 0.3) is 11.1 Å². The first kappa shape index (κ1) is 16.9. The van der Waals surface area contributed by atoms with Gasteiger partial charge in [-0.1, -0.05) is 103 Å². The highest BCUT2D eigenvalue weighted by molar-refractivity contribution is 6.04. The minimum absolute atomic E-state index is 0.0205. The molecule has 0 aliphatic carbocycles. The molecule has 27 heavy (non-hydrogen) atoms. The highest BCUT2D eigenvalue weighted by atomic mass is 16.3. The molecule has 129 valence electrons. The molecule has 0 unspecified atom stereocenters. The van der Waals surface area contributed by atoms with E-state index in [2.05, 4.69) is 60.7 Å². The SMILES string of the molecule is [O]c1ccc(C(=C(c2ccccc2)c2ccccc2)c2ccccc2)cc1. The second kappa shape index (κ2) is 7.76. The normalized spacial score (nSPS) is 10.4. The molecule has 1 radical (unpaired) electrons. The van der Waals surface area contributed by atoms with E-state index < -0.39 is 0 Å². The summed E-state index contributed by atoms with van der Waals surface area (Å²) in [6.07, 6.45) is 0. The van der Waals surface area contributed by atoms with Crippen molar-refractivity contribution in [2.75, 3.05) is 0 Å². The Morgan fingerprint density at radius 1 is 0.370 bits per heavy atom. The Morgan fingerprint density at radius 2 is 0.667 bits per heavy atom.